The van der Waals surface area contributed by atoms with Crippen LogP contribution in [0.15, 0.2) is 5.16 Å². The SMILES string of the molecule is CC1CCC(Sc2n[nH]c(N)n2)C1. The molecule has 0 aliphatic heterocycles. The van der Waals surface area contributed by atoms with E-state index in [0.29, 0.717) is 11.2 Å². The van der Waals surface area contributed by atoms with Gasteiger partial charge in [-0.15, -0.1) is 5.10 Å². The number of aromatic nitrogens is 3. The van der Waals surface area contributed by atoms with Crippen LogP contribution in [0, 0.1) is 5.92 Å². The van der Waals surface area contributed by atoms with E-state index in [-0.39, 0.29) is 0 Å². The van der Waals surface area contributed by atoms with Crippen LogP contribution in [-0.4, -0.2) is 20.4 Å². The number of nitrogens with zero attached hydrogens (tertiary/aromatic N) is 2. The van der Waals surface area contributed by atoms with Crippen LogP contribution in [0.1, 0.15) is 26.2 Å². The third-order valence-corrected chi connectivity index (χ3v) is 3.56. The Labute approximate surface area is 81.7 Å². The topological polar surface area (TPSA) is 67.6 Å². The molecule has 4 nitrogen and oxygen atoms in total. The molecule has 1 aromatic heterocycles. The quantitative estimate of drug-likeness (QED) is 0.758. The molecule has 5 heteroatoms. The summed E-state index contributed by atoms with van der Waals surface area (Å²) in [6.07, 6.45) is 3.89. The fourth-order valence-electron chi connectivity index (χ4n) is 1.72. The zero-order valence-corrected chi connectivity index (χ0v) is 8.47. The van der Waals surface area contributed by atoms with Crippen LogP contribution < -0.4 is 5.73 Å². The van der Waals surface area contributed by atoms with Crippen molar-refractivity contribution in [1.82, 2.24) is 15.2 Å². The highest BCUT2D eigenvalue weighted by atomic mass is 32.2. The van der Waals surface area contributed by atoms with E-state index in [1.807, 2.05) is 0 Å². The zero-order valence-electron chi connectivity index (χ0n) is 7.66. The highest BCUT2D eigenvalue weighted by molar-refractivity contribution is 7.99. The number of H-pyrrole nitrogens is 1. The van der Waals surface area contributed by atoms with Gasteiger partial charge in [-0.3, -0.25) is 0 Å². The molecule has 3 N–H and O–H groups in total. The molecule has 0 spiro atoms. The van der Waals surface area contributed by atoms with Crippen molar-refractivity contribution in [2.75, 3.05) is 5.73 Å². The van der Waals surface area contributed by atoms with Gasteiger partial charge in [-0.05, 0) is 25.2 Å². The first-order valence-electron chi connectivity index (χ1n) is 4.58. The standard InChI is InChI=1S/C8H14N4S/c1-5-2-3-6(4-5)13-8-10-7(9)11-12-8/h5-6H,2-4H2,1H3,(H3,9,10,11,12). The van der Waals surface area contributed by atoms with Gasteiger partial charge in [0.1, 0.15) is 0 Å². The molecule has 13 heavy (non-hydrogen) atoms. The molecule has 0 amide bonds. The molecule has 2 atom stereocenters. The monoisotopic (exact) mass is 198 g/mol. The van der Waals surface area contributed by atoms with Gasteiger partial charge in [-0.25, -0.2) is 5.10 Å². The van der Waals surface area contributed by atoms with Gasteiger partial charge < -0.3 is 5.73 Å². The average Bonchev–Trinajstić information content (AvgIpc) is 2.62. The molecule has 1 aliphatic rings. The zero-order chi connectivity index (χ0) is 9.26. The summed E-state index contributed by atoms with van der Waals surface area (Å²) in [6, 6.07) is 0. The molecule has 1 heterocycles. The summed E-state index contributed by atoms with van der Waals surface area (Å²) < 4.78 is 0. The van der Waals surface area contributed by atoms with Gasteiger partial charge in [0.05, 0.1) is 0 Å². The normalized spacial score (nSPS) is 28.1. The van der Waals surface area contributed by atoms with Crippen LogP contribution in [-0.2, 0) is 0 Å². The lowest BCUT2D eigenvalue weighted by Crippen LogP contribution is -1.96. The lowest BCUT2D eigenvalue weighted by molar-refractivity contribution is 0.613. The summed E-state index contributed by atoms with van der Waals surface area (Å²) >= 11 is 1.74. The minimum atomic E-state index is 0.411. The van der Waals surface area contributed by atoms with Crippen molar-refractivity contribution in [3.8, 4) is 0 Å². The summed E-state index contributed by atoms with van der Waals surface area (Å²) in [4.78, 5) is 4.07. The van der Waals surface area contributed by atoms with Crippen molar-refractivity contribution < 1.29 is 0 Å². The van der Waals surface area contributed by atoms with E-state index in [4.69, 9.17) is 5.73 Å². The summed E-state index contributed by atoms with van der Waals surface area (Å²) in [5, 5.41) is 8.13. The molecule has 1 saturated carbocycles. The number of nitrogen functional groups attached to an aromatic ring is 1. The second kappa shape index (κ2) is 3.57. The van der Waals surface area contributed by atoms with Crippen LogP contribution in [0.3, 0.4) is 0 Å². The molecule has 2 unspecified atom stereocenters. The Kier molecular flexibility index (Phi) is 2.44. The number of rotatable bonds is 2. The summed E-state index contributed by atoms with van der Waals surface area (Å²) in [7, 11) is 0. The first-order valence-corrected chi connectivity index (χ1v) is 5.46. The van der Waals surface area contributed by atoms with Crippen molar-refractivity contribution in [2.24, 2.45) is 5.92 Å². The molecule has 1 aromatic rings. The predicted octanol–water partition coefficient (Wildman–Crippen LogP) is 1.67. The second-order valence-corrected chi connectivity index (χ2v) is 4.93. The first-order chi connectivity index (χ1) is 6.24. The third-order valence-electron chi connectivity index (χ3n) is 2.40. The fourth-order valence-corrected chi connectivity index (χ4v) is 2.95. The molecule has 0 aromatic carbocycles. The average molecular weight is 198 g/mol. The van der Waals surface area contributed by atoms with E-state index in [2.05, 4.69) is 22.1 Å². The van der Waals surface area contributed by atoms with E-state index in [9.17, 15) is 0 Å². The molecular formula is C8H14N4S. The maximum atomic E-state index is 5.44. The van der Waals surface area contributed by atoms with E-state index in [1.54, 1.807) is 11.8 Å². The second-order valence-electron chi connectivity index (χ2n) is 3.66. The van der Waals surface area contributed by atoms with Crippen molar-refractivity contribution in [1.29, 1.82) is 0 Å². The first kappa shape index (κ1) is 8.87. The van der Waals surface area contributed by atoms with Crippen molar-refractivity contribution >= 4 is 17.7 Å². The fraction of sp³-hybridized carbons (Fsp3) is 0.750. The van der Waals surface area contributed by atoms with Crippen LogP contribution in [0.2, 0.25) is 0 Å². The van der Waals surface area contributed by atoms with Gasteiger partial charge in [0.25, 0.3) is 0 Å². The highest BCUT2D eigenvalue weighted by Crippen LogP contribution is 2.36. The predicted molar refractivity (Wildman–Crippen MR) is 53.5 cm³/mol. The van der Waals surface area contributed by atoms with Gasteiger partial charge in [0, 0.05) is 5.25 Å². The van der Waals surface area contributed by atoms with E-state index in [1.165, 1.54) is 19.3 Å². The maximum absolute atomic E-state index is 5.44. The highest BCUT2D eigenvalue weighted by Gasteiger charge is 2.23. The number of nitrogens with two attached hydrogens (primary N) is 1. The molecular weight excluding hydrogens is 184 g/mol. The van der Waals surface area contributed by atoms with Gasteiger partial charge >= 0.3 is 0 Å². The van der Waals surface area contributed by atoms with Gasteiger partial charge in [-0.1, -0.05) is 18.7 Å². The Bertz CT molecular complexity index is 285. The minimum Gasteiger partial charge on any atom is -0.368 e. The molecule has 0 radical (unpaired) electrons. The smallest absolute Gasteiger partial charge is 0.216 e. The Hall–Kier alpha value is -0.710. The van der Waals surface area contributed by atoms with E-state index >= 15 is 0 Å². The molecule has 2 rings (SSSR count). The van der Waals surface area contributed by atoms with Crippen molar-refractivity contribution in [3.63, 3.8) is 0 Å². The number of thioether (sulfide) groups is 1. The maximum Gasteiger partial charge on any atom is 0.216 e. The summed E-state index contributed by atoms with van der Waals surface area (Å²) in [5.41, 5.74) is 5.44. The molecule has 0 saturated heterocycles. The Morgan fingerprint density at radius 3 is 2.92 bits per heavy atom. The Morgan fingerprint density at radius 2 is 2.38 bits per heavy atom. The lowest BCUT2D eigenvalue weighted by Gasteiger charge is -2.04. The number of hydrogen-bond acceptors (Lipinski definition) is 4. The van der Waals surface area contributed by atoms with Crippen LogP contribution in [0.4, 0.5) is 5.95 Å². The van der Waals surface area contributed by atoms with Crippen LogP contribution >= 0.6 is 11.8 Å². The number of nitrogens with one attached hydrogen (secondary N) is 1. The van der Waals surface area contributed by atoms with Crippen LogP contribution in [0.5, 0.6) is 0 Å². The molecule has 72 valence electrons. The van der Waals surface area contributed by atoms with E-state index < -0.39 is 0 Å². The van der Waals surface area contributed by atoms with Crippen LogP contribution in [0.25, 0.3) is 0 Å². The molecule has 0 bridgehead atoms. The van der Waals surface area contributed by atoms with Crippen molar-refractivity contribution in [2.45, 2.75) is 36.6 Å². The van der Waals surface area contributed by atoms with E-state index in [0.717, 1.165) is 11.1 Å². The summed E-state index contributed by atoms with van der Waals surface area (Å²) in [6.45, 7) is 2.30. The lowest BCUT2D eigenvalue weighted by atomic mass is 10.1. The summed E-state index contributed by atoms with van der Waals surface area (Å²) in [5.74, 6) is 1.27. The third kappa shape index (κ3) is 2.15. The van der Waals surface area contributed by atoms with Crippen molar-refractivity contribution in [3.05, 3.63) is 0 Å². The number of anilines is 1. The Balaban J connectivity index is 1.91. The van der Waals surface area contributed by atoms with Gasteiger partial charge in [0.15, 0.2) is 0 Å². The molecule has 1 aliphatic carbocycles. The Morgan fingerprint density at radius 1 is 1.54 bits per heavy atom. The van der Waals surface area contributed by atoms with Gasteiger partial charge in [0.2, 0.25) is 11.1 Å². The molecule has 1 fully saturated rings. The largest absolute Gasteiger partial charge is 0.368 e. The number of aromatic amines is 1. The number of hydrogen-bond donors (Lipinski definition) is 2. The van der Waals surface area contributed by atoms with Gasteiger partial charge in [-0.2, -0.15) is 4.98 Å². The minimum absolute atomic E-state index is 0.411.